The van der Waals surface area contributed by atoms with Crippen molar-refractivity contribution >= 4 is 5.91 Å². The van der Waals surface area contributed by atoms with E-state index in [-0.39, 0.29) is 11.9 Å². The summed E-state index contributed by atoms with van der Waals surface area (Å²) in [5.74, 6) is -0.0321. The third kappa shape index (κ3) is 3.38. The van der Waals surface area contributed by atoms with Gasteiger partial charge in [-0.3, -0.25) is 4.79 Å². The predicted octanol–water partition coefficient (Wildman–Crippen LogP) is 0.793. The molecule has 3 N–H and O–H groups in total. The van der Waals surface area contributed by atoms with Crippen LogP contribution in [0.1, 0.15) is 24.9 Å². The highest BCUT2D eigenvalue weighted by Crippen LogP contribution is 2.15. The maximum Gasteiger partial charge on any atom is 0.221 e. The molecule has 0 aliphatic carbocycles. The van der Waals surface area contributed by atoms with E-state index in [1.807, 2.05) is 31.2 Å². The van der Waals surface area contributed by atoms with E-state index in [0.717, 1.165) is 11.3 Å². The van der Waals surface area contributed by atoms with Gasteiger partial charge < -0.3 is 11.1 Å². The highest BCUT2D eigenvalue weighted by molar-refractivity contribution is 5.76. The van der Waals surface area contributed by atoms with Gasteiger partial charge in [0.1, 0.15) is 12.7 Å². The average Bonchev–Trinajstić information content (AvgIpc) is 2.93. The van der Waals surface area contributed by atoms with Gasteiger partial charge in [0.05, 0.1) is 11.7 Å². The lowest BCUT2D eigenvalue weighted by Gasteiger charge is -2.14. The van der Waals surface area contributed by atoms with Crippen molar-refractivity contribution in [3.63, 3.8) is 0 Å². The normalized spacial score (nSPS) is 12.1. The summed E-state index contributed by atoms with van der Waals surface area (Å²) in [6.45, 7) is 2.31. The molecule has 0 bridgehead atoms. The summed E-state index contributed by atoms with van der Waals surface area (Å²) in [5.41, 5.74) is 7.31. The Balaban J connectivity index is 2.04. The lowest BCUT2D eigenvalue weighted by molar-refractivity contribution is -0.121. The number of amides is 1. The molecular formula is C13H17N5O. The zero-order valence-corrected chi connectivity index (χ0v) is 10.8. The third-order valence-electron chi connectivity index (χ3n) is 2.83. The van der Waals surface area contributed by atoms with Crippen LogP contribution in [0.3, 0.4) is 0 Å². The molecule has 1 atom stereocenters. The van der Waals surface area contributed by atoms with Gasteiger partial charge in [-0.15, -0.1) is 0 Å². The van der Waals surface area contributed by atoms with Crippen LogP contribution >= 0.6 is 0 Å². The van der Waals surface area contributed by atoms with Gasteiger partial charge in [-0.2, -0.15) is 5.10 Å². The smallest absolute Gasteiger partial charge is 0.221 e. The molecule has 2 rings (SSSR count). The van der Waals surface area contributed by atoms with Gasteiger partial charge in [-0.25, -0.2) is 9.67 Å². The van der Waals surface area contributed by atoms with E-state index in [1.54, 1.807) is 11.0 Å². The molecule has 1 unspecified atom stereocenters. The standard InChI is InChI=1S/C13H17N5O/c1-10(17-13(19)6-7-14)11-2-4-12(5-3-11)18-9-15-8-16-18/h2-5,8-10H,6-7,14H2,1H3,(H,17,19). The van der Waals surface area contributed by atoms with E-state index in [0.29, 0.717) is 13.0 Å². The minimum absolute atomic E-state index is 0.0321. The first-order valence-corrected chi connectivity index (χ1v) is 6.15. The third-order valence-corrected chi connectivity index (χ3v) is 2.83. The summed E-state index contributed by atoms with van der Waals surface area (Å²) in [7, 11) is 0. The minimum atomic E-state index is -0.0381. The molecular weight excluding hydrogens is 242 g/mol. The monoisotopic (exact) mass is 259 g/mol. The Morgan fingerprint density at radius 3 is 2.74 bits per heavy atom. The molecule has 1 aromatic carbocycles. The Morgan fingerprint density at radius 2 is 2.16 bits per heavy atom. The fourth-order valence-corrected chi connectivity index (χ4v) is 1.79. The molecule has 0 saturated carbocycles. The summed E-state index contributed by atoms with van der Waals surface area (Å²) in [6, 6.07) is 7.77. The SMILES string of the molecule is CC(NC(=O)CCN)c1ccc(-n2cncn2)cc1. The Hall–Kier alpha value is -2.21. The molecule has 0 aliphatic rings. The number of carbonyl (C=O) groups excluding carboxylic acids is 1. The van der Waals surface area contributed by atoms with Gasteiger partial charge in [0.2, 0.25) is 5.91 Å². The van der Waals surface area contributed by atoms with Crippen molar-refractivity contribution in [1.29, 1.82) is 0 Å². The summed E-state index contributed by atoms with van der Waals surface area (Å²) in [5, 5.41) is 6.95. The minimum Gasteiger partial charge on any atom is -0.350 e. The molecule has 0 fully saturated rings. The zero-order valence-electron chi connectivity index (χ0n) is 10.8. The van der Waals surface area contributed by atoms with Crippen LogP contribution in [-0.2, 0) is 4.79 Å². The van der Waals surface area contributed by atoms with Crippen molar-refractivity contribution in [3.05, 3.63) is 42.5 Å². The Kier molecular flexibility index (Phi) is 4.25. The predicted molar refractivity (Wildman–Crippen MR) is 71.6 cm³/mol. The highest BCUT2D eigenvalue weighted by Gasteiger charge is 2.09. The number of hydrogen-bond donors (Lipinski definition) is 2. The molecule has 0 spiro atoms. The molecule has 0 saturated heterocycles. The van der Waals surface area contributed by atoms with Gasteiger partial charge in [-0.1, -0.05) is 12.1 Å². The molecule has 100 valence electrons. The number of nitrogens with two attached hydrogens (primary N) is 1. The second-order valence-electron chi connectivity index (χ2n) is 4.26. The Labute approximate surface area is 111 Å². The van der Waals surface area contributed by atoms with Crippen LogP contribution in [0, 0.1) is 0 Å². The number of nitrogens with one attached hydrogen (secondary N) is 1. The number of nitrogens with zero attached hydrogens (tertiary/aromatic N) is 3. The second kappa shape index (κ2) is 6.10. The van der Waals surface area contributed by atoms with Gasteiger partial charge in [0.25, 0.3) is 0 Å². The van der Waals surface area contributed by atoms with Crippen LogP contribution in [-0.4, -0.2) is 27.2 Å². The first-order chi connectivity index (χ1) is 9.20. The van der Waals surface area contributed by atoms with Crippen LogP contribution in [0.25, 0.3) is 5.69 Å². The van der Waals surface area contributed by atoms with E-state index in [4.69, 9.17) is 5.73 Å². The molecule has 6 nitrogen and oxygen atoms in total. The van der Waals surface area contributed by atoms with Crippen molar-refractivity contribution < 1.29 is 4.79 Å². The van der Waals surface area contributed by atoms with E-state index < -0.39 is 0 Å². The summed E-state index contributed by atoms with van der Waals surface area (Å²) in [6.07, 6.45) is 3.48. The molecule has 1 amide bonds. The molecule has 0 radical (unpaired) electrons. The molecule has 0 aliphatic heterocycles. The Bertz CT molecular complexity index is 520. The van der Waals surface area contributed by atoms with Crippen LogP contribution in [0.15, 0.2) is 36.9 Å². The topological polar surface area (TPSA) is 85.8 Å². The van der Waals surface area contributed by atoms with E-state index in [2.05, 4.69) is 15.4 Å². The quantitative estimate of drug-likeness (QED) is 0.831. The van der Waals surface area contributed by atoms with Crippen molar-refractivity contribution in [3.8, 4) is 5.69 Å². The van der Waals surface area contributed by atoms with Gasteiger partial charge in [-0.05, 0) is 24.6 Å². The van der Waals surface area contributed by atoms with E-state index in [9.17, 15) is 4.79 Å². The first kappa shape index (κ1) is 13.2. The number of hydrogen-bond acceptors (Lipinski definition) is 4. The summed E-state index contributed by atoms with van der Waals surface area (Å²) < 4.78 is 1.68. The van der Waals surface area contributed by atoms with Gasteiger partial charge >= 0.3 is 0 Å². The van der Waals surface area contributed by atoms with Crippen molar-refractivity contribution in [1.82, 2.24) is 20.1 Å². The van der Waals surface area contributed by atoms with Gasteiger partial charge in [0, 0.05) is 13.0 Å². The van der Waals surface area contributed by atoms with E-state index >= 15 is 0 Å². The van der Waals surface area contributed by atoms with Crippen LogP contribution in [0.2, 0.25) is 0 Å². The van der Waals surface area contributed by atoms with Gasteiger partial charge in [0.15, 0.2) is 0 Å². The molecule has 2 aromatic rings. The average molecular weight is 259 g/mol. The lowest BCUT2D eigenvalue weighted by Crippen LogP contribution is -2.28. The fourth-order valence-electron chi connectivity index (χ4n) is 1.79. The molecule has 1 aromatic heterocycles. The summed E-state index contributed by atoms with van der Waals surface area (Å²) in [4.78, 5) is 15.4. The Morgan fingerprint density at radius 1 is 1.42 bits per heavy atom. The molecule has 6 heteroatoms. The first-order valence-electron chi connectivity index (χ1n) is 6.15. The van der Waals surface area contributed by atoms with Crippen LogP contribution in [0.5, 0.6) is 0 Å². The van der Waals surface area contributed by atoms with Crippen LogP contribution in [0.4, 0.5) is 0 Å². The van der Waals surface area contributed by atoms with E-state index in [1.165, 1.54) is 6.33 Å². The number of rotatable bonds is 5. The van der Waals surface area contributed by atoms with Crippen molar-refractivity contribution in [2.24, 2.45) is 5.73 Å². The second-order valence-corrected chi connectivity index (χ2v) is 4.26. The van der Waals surface area contributed by atoms with Crippen molar-refractivity contribution in [2.75, 3.05) is 6.54 Å². The van der Waals surface area contributed by atoms with Crippen LogP contribution < -0.4 is 11.1 Å². The lowest BCUT2D eigenvalue weighted by atomic mass is 10.1. The highest BCUT2D eigenvalue weighted by atomic mass is 16.1. The molecule has 1 heterocycles. The summed E-state index contributed by atoms with van der Waals surface area (Å²) >= 11 is 0. The van der Waals surface area contributed by atoms with Crippen molar-refractivity contribution in [2.45, 2.75) is 19.4 Å². The maximum atomic E-state index is 11.5. The number of benzene rings is 1. The zero-order chi connectivity index (χ0) is 13.7. The molecule has 19 heavy (non-hydrogen) atoms. The maximum absolute atomic E-state index is 11.5. The number of aromatic nitrogens is 3. The fraction of sp³-hybridized carbons (Fsp3) is 0.308. The largest absolute Gasteiger partial charge is 0.350 e. The number of carbonyl (C=O) groups is 1.